The predicted octanol–water partition coefficient (Wildman–Crippen LogP) is 2.54. The highest BCUT2D eigenvalue weighted by atomic mass is 19.1. The Morgan fingerprint density at radius 3 is 2.37 bits per heavy atom. The summed E-state index contributed by atoms with van der Waals surface area (Å²) < 4.78 is 13.7. The monoisotopic (exact) mass is 267 g/mol. The van der Waals surface area contributed by atoms with E-state index in [1.54, 1.807) is 13.0 Å². The summed E-state index contributed by atoms with van der Waals surface area (Å²) in [6, 6.07) is 3.29. The van der Waals surface area contributed by atoms with Crippen molar-refractivity contribution in [3.63, 3.8) is 0 Å². The maximum atomic E-state index is 13.7. The Kier molecular flexibility index (Phi) is 5.76. The van der Waals surface area contributed by atoms with Crippen LogP contribution in [0.4, 0.5) is 10.1 Å². The number of nitrogens with two attached hydrogens (primary N) is 1. The highest BCUT2D eigenvalue weighted by Crippen LogP contribution is 2.27. The molecule has 1 aromatic carbocycles. The van der Waals surface area contributed by atoms with E-state index in [2.05, 4.69) is 23.9 Å². The van der Waals surface area contributed by atoms with Crippen LogP contribution in [-0.4, -0.2) is 39.1 Å². The molecule has 0 unspecified atom stereocenters. The van der Waals surface area contributed by atoms with E-state index >= 15 is 0 Å². The summed E-state index contributed by atoms with van der Waals surface area (Å²) in [5.74, 6) is -0.183. The van der Waals surface area contributed by atoms with E-state index in [1.807, 2.05) is 20.0 Å². The minimum atomic E-state index is -0.183. The van der Waals surface area contributed by atoms with Crippen LogP contribution < -0.4 is 10.6 Å². The molecule has 0 aliphatic carbocycles. The van der Waals surface area contributed by atoms with Gasteiger partial charge in [0.05, 0.1) is 0 Å². The van der Waals surface area contributed by atoms with E-state index in [4.69, 9.17) is 5.73 Å². The number of hydrogen-bond donors (Lipinski definition) is 1. The van der Waals surface area contributed by atoms with Gasteiger partial charge in [-0.1, -0.05) is 0 Å². The zero-order valence-corrected chi connectivity index (χ0v) is 12.7. The van der Waals surface area contributed by atoms with E-state index in [1.165, 1.54) is 0 Å². The van der Waals surface area contributed by atoms with Gasteiger partial charge in [-0.25, -0.2) is 4.39 Å². The van der Waals surface area contributed by atoms with Crippen LogP contribution >= 0.6 is 0 Å². The Labute approximate surface area is 116 Å². The second kappa shape index (κ2) is 6.87. The number of benzene rings is 1. The van der Waals surface area contributed by atoms with Crippen LogP contribution in [0.3, 0.4) is 0 Å². The maximum Gasteiger partial charge on any atom is 0.126 e. The molecule has 108 valence electrons. The topological polar surface area (TPSA) is 32.5 Å². The fourth-order valence-electron chi connectivity index (χ4n) is 2.12. The molecule has 0 heterocycles. The van der Waals surface area contributed by atoms with Gasteiger partial charge in [-0.05, 0) is 64.2 Å². The van der Waals surface area contributed by atoms with Crippen LogP contribution in [0.15, 0.2) is 12.1 Å². The van der Waals surface area contributed by atoms with E-state index < -0.39 is 0 Å². The lowest BCUT2D eigenvalue weighted by atomic mass is 10.0. The summed E-state index contributed by atoms with van der Waals surface area (Å²) in [6.45, 7) is 5.65. The Hall–Kier alpha value is -1.13. The zero-order valence-electron chi connectivity index (χ0n) is 12.7. The third-order valence-electron chi connectivity index (χ3n) is 3.31. The summed E-state index contributed by atoms with van der Waals surface area (Å²) >= 11 is 0. The van der Waals surface area contributed by atoms with Gasteiger partial charge in [-0.3, -0.25) is 0 Å². The quantitative estimate of drug-likeness (QED) is 0.859. The van der Waals surface area contributed by atoms with Crippen molar-refractivity contribution in [3.8, 4) is 0 Å². The van der Waals surface area contributed by atoms with Crippen molar-refractivity contribution in [2.75, 3.05) is 39.1 Å². The number of halogens is 1. The first kappa shape index (κ1) is 15.9. The maximum absolute atomic E-state index is 13.7. The summed E-state index contributed by atoms with van der Waals surface area (Å²) in [5.41, 5.74) is 8.52. The molecule has 4 heteroatoms. The third-order valence-corrected chi connectivity index (χ3v) is 3.31. The normalized spacial score (nSPS) is 12.8. The molecule has 0 saturated heterocycles. The van der Waals surface area contributed by atoms with E-state index in [9.17, 15) is 4.39 Å². The zero-order chi connectivity index (χ0) is 14.6. The van der Waals surface area contributed by atoms with Gasteiger partial charge in [0.15, 0.2) is 0 Å². The standard InChI is InChI=1S/C15H26FN3/c1-11-9-15(13(12(2)17)10-14(11)16)19(5)8-6-7-18(3)4/h9-10,12H,6-8,17H2,1-5H3/t12-/m0/s1. The lowest BCUT2D eigenvalue weighted by Gasteiger charge is -2.25. The molecule has 1 atom stereocenters. The molecular formula is C15H26FN3. The van der Waals surface area contributed by atoms with Crippen molar-refractivity contribution in [2.24, 2.45) is 5.73 Å². The van der Waals surface area contributed by atoms with Gasteiger partial charge in [0.25, 0.3) is 0 Å². The summed E-state index contributed by atoms with van der Waals surface area (Å²) in [4.78, 5) is 4.32. The summed E-state index contributed by atoms with van der Waals surface area (Å²) in [5, 5.41) is 0. The molecule has 0 spiro atoms. The first-order valence-electron chi connectivity index (χ1n) is 6.74. The molecule has 19 heavy (non-hydrogen) atoms. The molecule has 0 radical (unpaired) electrons. The second-order valence-electron chi connectivity index (χ2n) is 5.53. The summed E-state index contributed by atoms with van der Waals surface area (Å²) in [7, 11) is 6.17. The Bertz CT molecular complexity index is 416. The molecule has 1 aromatic rings. The molecule has 0 amide bonds. The largest absolute Gasteiger partial charge is 0.374 e. The third kappa shape index (κ3) is 4.48. The van der Waals surface area contributed by atoms with Crippen LogP contribution in [0.25, 0.3) is 0 Å². The van der Waals surface area contributed by atoms with Gasteiger partial charge in [-0.2, -0.15) is 0 Å². The van der Waals surface area contributed by atoms with Crippen molar-refractivity contribution in [2.45, 2.75) is 26.3 Å². The number of rotatable bonds is 6. The van der Waals surface area contributed by atoms with Crippen LogP contribution in [0.5, 0.6) is 0 Å². The second-order valence-corrected chi connectivity index (χ2v) is 5.53. The van der Waals surface area contributed by atoms with Crippen molar-refractivity contribution >= 4 is 5.69 Å². The van der Waals surface area contributed by atoms with Crippen LogP contribution in [0.2, 0.25) is 0 Å². The fraction of sp³-hybridized carbons (Fsp3) is 0.600. The highest BCUT2D eigenvalue weighted by molar-refractivity contribution is 5.56. The lowest BCUT2D eigenvalue weighted by Crippen LogP contribution is -2.25. The molecule has 0 bridgehead atoms. The lowest BCUT2D eigenvalue weighted by molar-refractivity contribution is 0.401. The van der Waals surface area contributed by atoms with Crippen molar-refractivity contribution in [1.29, 1.82) is 0 Å². The minimum Gasteiger partial charge on any atom is -0.374 e. The van der Waals surface area contributed by atoms with Crippen molar-refractivity contribution < 1.29 is 4.39 Å². The highest BCUT2D eigenvalue weighted by Gasteiger charge is 2.14. The van der Waals surface area contributed by atoms with Gasteiger partial charge in [0.1, 0.15) is 5.82 Å². The molecule has 3 nitrogen and oxygen atoms in total. The molecule has 2 N–H and O–H groups in total. The first-order valence-corrected chi connectivity index (χ1v) is 6.74. The van der Waals surface area contributed by atoms with E-state index in [0.29, 0.717) is 5.56 Å². The first-order chi connectivity index (χ1) is 8.82. The van der Waals surface area contributed by atoms with Gasteiger partial charge >= 0.3 is 0 Å². The molecular weight excluding hydrogens is 241 g/mol. The SMILES string of the molecule is Cc1cc(N(C)CCCN(C)C)c([C@H](C)N)cc1F. The van der Waals surface area contributed by atoms with E-state index in [-0.39, 0.29) is 11.9 Å². The molecule has 1 rings (SSSR count). The van der Waals surface area contributed by atoms with Crippen molar-refractivity contribution in [3.05, 3.63) is 29.1 Å². The number of aryl methyl sites for hydroxylation is 1. The van der Waals surface area contributed by atoms with Crippen LogP contribution in [0.1, 0.15) is 30.5 Å². The van der Waals surface area contributed by atoms with E-state index in [0.717, 1.165) is 30.8 Å². The molecule has 0 saturated carbocycles. The van der Waals surface area contributed by atoms with Crippen molar-refractivity contribution in [1.82, 2.24) is 4.90 Å². The average Bonchev–Trinajstić information content (AvgIpc) is 2.31. The van der Waals surface area contributed by atoms with Gasteiger partial charge in [-0.15, -0.1) is 0 Å². The fourth-order valence-corrected chi connectivity index (χ4v) is 2.12. The van der Waals surface area contributed by atoms with Crippen LogP contribution in [0, 0.1) is 12.7 Å². The Balaban J connectivity index is 2.88. The molecule has 0 aromatic heterocycles. The van der Waals surface area contributed by atoms with Gasteiger partial charge in [0.2, 0.25) is 0 Å². The number of nitrogens with zero attached hydrogens (tertiary/aromatic N) is 2. The number of anilines is 1. The Morgan fingerprint density at radius 1 is 1.21 bits per heavy atom. The molecule has 0 aliphatic heterocycles. The molecule has 0 aliphatic rings. The predicted molar refractivity (Wildman–Crippen MR) is 80.2 cm³/mol. The Morgan fingerprint density at radius 2 is 1.84 bits per heavy atom. The van der Waals surface area contributed by atoms with Gasteiger partial charge < -0.3 is 15.5 Å². The van der Waals surface area contributed by atoms with Crippen LogP contribution in [-0.2, 0) is 0 Å². The average molecular weight is 267 g/mol. The summed E-state index contributed by atoms with van der Waals surface area (Å²) in [6.07, 6.45) is 1.07. The smallest absolute Gasteiger partial charge is 0.126 e. The number of hydrogen-bond acceptors (Lipinski definition) is 3. The molecule has 0 fully saturated rings. The van der Waals surface area contributed by atoms with Gasteiger partial charge in [0, 0.05) is 25.3 Å². The minimum absolute atomic E-state index is 0.165.